The standard InChI is InChI=1S/C20H19ClF3N5O2/c1-19(2,3)17(30)26-9-11-4-6-14(21)13(8-11)16-27-18(31)29(28-16)12-5-7-15(25-10-12)20(22,23)24/h4-8,10H,9H2,1-3H3,(H,26,30)(H,27,28,31). The Morgan fingerprint density at radius 1 is 1.19 bits per heavy atom. The lowest BCUT2D eigenvalue weighted by atomic mass is 9.95. The number of hydrogen-bond acceptors (Lipinski definition) is 4. The molecule has 0 bridgehead atoms. The molecular weight excluding hydrogens is 435 g/mol. The summed E-state index contributed by atoms with van der Waals surface area (Å²) >= 11 is 6.25. The number of benzene rings is 1. The zero-order chi connectivity index (χ0) is 23.0. The lowest BCUT2D eigenvalue weighted by Gasteiger charge is -2.17. The second kappa shape index (κ2) is 8.18. The second-order valence-electron chi connectivity index (χ2n) is 7.84. The third kappa shape index (κ3) is 5.13. The molecular formula is C20H19ClF3N5O2. The van der Waals surface area contributed by atoms with Crippen molar-refractivity contribution in [3.63, 3.8) is 0 Å². The number of amides is 1. The number of H-pyrrole nitrogens is 1. The van der Waals surface area contributed by atoms with Crippen LogP contribution in [0.3, 0.4) is 0 Å². The highest BCUT2D eigenvalue weighted by Gasteiger charge is 2.32. The number of rotatable bonds is 4. The molecule has 31 heavy (non-hydrogen) atoms. The Morgan fingerprint density at radius 3 is 2.48 bits per heavy atom. The van der Waals surface area contributed by atoms with Gasteiger partial charge in [0, 0.05) is 17.5 Å². The molecule has 0 saturated heterocycles. The first-order valence-electron chi connectivity index (χ1n) is 9.16. The number of carbonyl (C=O) groups is 1. The van der Waals surface area contributed by atoms with Gasteiger partial charge in [-0.25, -0.2) is 9.78 Å². The molecule has 0 fully saturated rings. The van der Waals surface area contributed by atoms with Crippen LogP contribution in [0, 0.1) is 5.41 Å². The van der Waals surface area contributed by atoms with Crippen molar-refractivity contribution >= 4 is 17.5 Å². The lowest BCUT2D eigenvalue weighted by molar-refractivity contribution is -0.141. The summed E-state index contributed by atoms with van der Waals surface area (Å²) < 4.78 is 39.0. The van der Waals surface area contributed by atoms with Gasteiger partial charge in [0.05, 0.1) is 16.9 Å². The molecule has 0 aliphatic heterocycles. The van der Waals surface area contributed by atoms with Crippen molar-refractivity contribution < 1.29 is 18.0 Å². The molecule has 0 spiro atoms. The fourth-order valence-electron chi connectivity index (χ4n) is 2.61. The zero-order valence-corrected chi connectivity index (χ0v) is 17.6. The Hall–Kier alpha value is -3.14. The van der Waals surface area contributed by atoms with E-state index < -0.39 is 23.0 Å². The van der Waals surface area contributed by atoms with Gasteiger partial charge in [-0.15, -0.1) is 5.10 Å². The van der Waals surface area contributed by atoms with E-state index in [1.165, 1.54) is 0 Å². The van der Waals surface area contributed by atoms with E-state index in [9.17, 15) is 22.8 Å². The average Bonchev–Trinajstić information content (AvgIpc) is 3.07. The van der Waals surface area contributed by atoms with Gasteiger partial charge in [-0.3, -0.25) is 9.78 Å². The maximum absolute atomic E-state index is 12.7. The van der Waals surface area contributed by atoms with Gasteiger partial charge in [-0.2, -0.15) is 17.9 Å². The van der Waals surface area contributed by atoms with Gasteiger partial charge in [-0.1, -0.05) is 38.4 Å². The number of carbonyl (C=O) groups excluding carboxylic acids is 1. The summed E-state index contributed by atoms with van der Waals surface area (Å²) in [7, 11) is 0. The molecule has 11 heteroatoms. The van der Waals surface area contributed by atoms with Crippen molar-refractivity contribution in [1.82, 2.24) is 25.1 Å². The fraction of sp³-hybridized carbons (Fsp3) is 0.300. The minimum absolute atomic E-state index is 0.0604. The molecule has 7 nitrogen and oxygen atoms in total. The minimum Gasteiger partial charge on any atom is -0.352 e. The van der Waals surface area contributed by atoms with Crippen molar-refractivity contribution in [2.24, 2.45) is 5.41 Å². The Bertz CT molecular complexity index is 1160. The normalized spacial score (nSPS) is 12.1. The molecule has 0 unspecified atom stereocenters. The van der Waals surface area contributed by atoms with E-state index in [-0.39, 0.29) is 24.0 Å². The second-order valence-corrected chi connectivity index (χ2v) is 8.24. The van der Waals surface area contributed by atoms with Crippen LogP contribution in [0.5, 0.6) is 0 Å². The van der Waals surface area contributed by atoms with Crippen molar-refractivity contribution in [3.8, 4) is 17.1 Å². The summed E-state index contributed by atoms with van der Waals surface area (Å²) in [6.45, 7) is 5.63. The Labute approximate surface area is 180 Å². The molecule has 2 heterocycles. The van der Waals surface area contributed by atoms with E-state index in [1.807, 2.05) is 0 Å². The summed E-state index contributed by atoms with van der Waals surface area (Å²) in [5.41, 5.74) is -1.10. The summed E-state index contributed by atoms with van der Waals surface area (Å²) in [6.07, 6.45) is -3.68. The van der Waals surface area contributed by atoms with E-state index >= 15 is 0 Å². The topological polar surface area (TPSA) is 92.7 Å². The number of aromatic amines is 1. The number of hydrogen-bond donors (Lipinski definition) is 2. The van der Waals surface area contributed by atoms with Crippen molar-refractivity contribution in [2.75, 3.05) is 0 Å². The molecule has 3 rings (SSSR count). The number of nitrogens with one attached hydrogen (secondary N) is 2. The van der Waals surface area contributed by atoms with Crippen molar-refractivity contribution in [1.29, 1.82) is 0 Å². The number of aromatic nitrogens is 4. The Balaban J connectivity index is 1.89. The van der Waals surface area contributed by atoms with Crippen LogP contribution in [-0.4, -0.2) is 25.7 Å². The average molecular weight is 454 g/mol. The SMILES string of the molecule is CC(C)(C)C(=O)NCc1ccc(Cl)c(-c2nn(-c3ccc(C(F)(F)F)nc3)c(=O)[nH]2)c1. The molecule has 2 N–H and O–H groups in total. The molecule has 2 aromatic heterocycles. The third-order valence-corrected chi connectivity index (χ3v) is 4.65. The van der Waals surface area contributed by atoms with Crippen LogP contribution < -0.4 is 11.0 Å². The molecule has 0 saturated carbocycles. The summed E-state index contributed by atoms with van der Waals surface area (Å²) in [4.78, 5) is 30.3. The Morgan fingerprint density at radius 2 is 1.90 bits per heavy atom. The van der Waals surface area contributed by atoms with Crippen LogP contribution in [0.1, 0.15) is 32.0 Å². The predicted octanol–water partition coefficient (Wildman–Crippen LogP) is 3.96. The smallest absolute Gasteiger partial charge is 0.352 e. The van der Waals surface area contributed by atoms with E-state index in [0.29, 0.717) is 10.6 Å². The Kier molecular flexibility index (Phi) is 5.95. The van der Waals surface area contributed by atoms with Crippen LogP contribution >= 0.6 is 11.6 Å². The van der Waals surface area contributed by atoms with Gasteiger partial charge in [0.15, 0.2) is 5.82 Å². The maximum atomic E-state index is 12.7. The number of halogens is 4. The van der Waals surface area contributed by atoms with E-state index in [2.05, 4.69) is 20.4 Å². The highest BCUT2D eigenvalue weighted by Crippen LogP contribution is 2.28. The number of pyridine rings is 1. The first-order chi connectivity index (χ1) is 14.4. The molecule has 1 amide bonds. The van der Waals surface area contributed by atoms with Gasteiger partial charge in [0.25, 0.3) is 0 Å². The van der Waals surface area contributed by atoms with Gasteiger partial charge in [0.2, 0.25) is 5.91 Å². The molecule has 3 aromatic rings. The van der Waals surface area contributed by atoms with Crippen LogP contribution in [0.2, 0.25) is 5.02 Å². The zero-order valence-electron chi connectivity index (χ0n) is 16.8. The molecule has 0 aliphatic carbocycles. The van der Waals surface area contributed by atoms with Crippen molar-refractivity contribution in [3.05, 3.63) is 63.3 Å². The van der Waals surface area contributed by atoms with Gasteiger partial charge >= 0.3 is 11.9 Å². The number of alkyl halides is 3. The number of nitrogens with zero attached hydrogens (tertiary/aromatic N) is 3. The van der Waals surface area contributed by atoms with Gasteiger partial charge in [0.1, 0.15) is 5.69 Å². The molecule has 0 radical (unpaired) electrons. The monoisotopic (exact) mass is 453 g/mol. The third-order valence-electron chi connectivity index (χ3n) is 4.32. The highest BCUT2D eigenvalue weighted by molar-refractivity contribution is 6.33. The van der Waals surface area contributed by atoms with E-state index in [0.717, 1.165) is 28.6 Å². The summed E-state index contributed by atoms with van der Waals surface area (Å²) in [6, 6.07) is 6.86. The largest absolute Gasteiger partial charge is 0.433 e. The van der Waals surface area contributed by atoms with Crippen LogP contribution in [0.15, 0.2) is 41.3 Å². The van der Waals surface area contributed by atoms with Crippen LogP contribution in [0.4, 0.5) is 13.2 Å². The highest BCUT2D eigenvalue weighted by atomic mass is 35.5. The maximum Gasteiger partial charge on any atom is 0.433 e. The molecule has 164 valence electrons. The first kappa shape index (κ1) is 22.5. The summed E-state index contributed by atoms with van der Waals surface area (Å²) in [5, 5.41) is 7.25. The minimum atomic E-state index is -4.59. The lowest BCUT2D eigenvalue weighted by Crippen LogP contribution is -2.34. The van der Waals surface area contributed by atoms with E-state index in [1.54, 1.807) is 39.0 Å². The molecule has 0 atom stereocenters. The van der Waals surface area contributed by atoms with Crippen LogP contribution in [-0.2, 0) is 17.5 Å². The molecule has 1 aromatic carbocycles. The van der Waals surface area contributed by atoms with Crippen molar-refractivity contribution in [2.45, 2.75) is 33.5 Å². The summed E-state index contributed by atoms with van der Waals surface area (Å²) in [5.74, 6) is -0.00427. The predicted molar refractivity (Wildman–Crippen MR) is 109 cm³/mol. The first-order valence-corrected chi connectivity index (χ1v) is 9.54. The molecule has 0 aliphatic rings. The fourth-order valence-corrected chi connectivity index (χ4v) is 2.82. The van der Waals surface area contributed by atoms with Gasteiger partial charge in [-0.05, 0) is 29.8 Å². The van der Waals surface area contributed by atoms with Gasteiger partial charge < -0.3 is 5.32 Å². The quantitative estimate of drug-likeness (QED) is 0.625. The van der Waals surface area contributed by atoms with E-state index in [4.69, 9.17) is 11.6 Å². The van der Waals surface area contributed by atoms with Crippen LogP contribution in [0.25, 0.3) is 17.1 Å².